The number of hydrogen-bond acceptors (Lipinski definition) is 3. The number of rotatable bonds is 4. The first-order chi connectivity index (χ1) is 9.92. The van der Waals surface area contributed by atoms with Crippen LogP contribution in [0.5, 0.6) is 5.75 Å². The Bertz CT molecular complexity index is 473. The fourth-order valence-electron chi connectivity index (χ4n) is 2.65. The maximum Gasteiger partial charge on any atom is 0.390 e. The van der Waals surface area contributed by atoms with E-state index >= 15 is 0 Å². The van der Waals surface area contributed by atoms with Crippen molar-refractivity contribution in [3.05, 3.63) is 29.6 Å². The van der Waals surface area contributed by atoms with Crippen molar-refractivity contribution in [1.29, 1.82) is 0 Å². The average molecular weight is 306 g/mol. The summed E-state index contributed by atoms with van der Waals surface area (Å²) >= 11 is 0. The van der Waals surface area contributed by atoms with Crippen molar-refractivity contribution in [3.8, 4) is 5.75 Å². The highest BCUT2D eigenvalue weighted by molar-refractivity contribution is 5.37. The third kappa shape index (κ3) is 4.07. The second-order valence-electron chi connectivity index (χ2n) is 4.98. The van der Waals surface area contributed by atoms with Crippen LogP contribution in [0.25, 0.3) is 0 Å². The molecule has 0 radical (unpaired) electrons. The lowest BCUT2D eigenvalue weighted by Gasteiger charge is -2.36. The lowest BCUT2D eigenvalue weighted by Crippen LogP contribution is -2.46. The van der Waals surface area contributed by atoms with E-state index < -0.39 is 24.5 Å². The Morgan fingerprint density at radius 1 is 1.29 bits per heavy atom. The van der Waals surface area contributed by atoms with Crippen LogP contribution in [0.1, 0.15) is 18.0 Å². The molecule has 1 aromatic carbocycles. The zero-order chi connectivity index (χ0) is 15.5. The minimum absolute atomic E-state index is 0.106. The summed E-state index contributed by atoms with van der Waals surface area (Å²) in [7, 11) is 1.27. The molecule has 1 aromatic rings. The molecule has 7 heteroatoms. The fraction of sp³-hybridized carbons (Fsp3) is 0.571. The molecule has 0 amide bonds. The molecule has 1 saturated heterocycles. The van der Waals surface area contributed by atoms with Gasteiger partial charge in [0.1, 0.15) is 0 Å². The number of piperazine rings is 1. The van der Waals surface area contributed by atoms with Crippen LogP contribution in [0.4, 0.5) is 17.6 Å². The van der Waals surface area contributed by atoms with Gasteiger partial charge >= 0.3 is 6.18 Å². The molecule has 0 aliphatic carbocycles. The van der Waals surface area contributed by atoms with Crippen LogP contribution >= 0.6 is 0 Å². The van der Waals surface area contributed by atoms with Crippen molar-refractivity contribution in [3.63, 3.8) is 0 Å². The molecule has 1 atom stereocenters. The van der Waals surface area contributed by atoms with Crippen LogP contribution in [-0.4, -0.2) is 44.4 Å². The Morgan fingerprint density at radius 3 is 2.52 bits per heavy atom. The van der Waals surface area contributed by atoms with Gasteiger partial charge in [-0.1, -0.05) is 12.1 Å². The van der Waals surface area contributed by atoms with Gasteiger partial charge in [0.25, 0.3) is 0 Å². The average Bonchev–Trinajstić information content (AvgIpc) is 2.44. The Morgan fingerprint density at radius 2 is 1.95 bits per heavy atom. The molecule has 0 unspecified atom stereocenters. The van der Waals surface area contributed by atoms with E-state index in [-0.39, 0.29) is 11.3 Å². The van der Waals surface area contributed by atoms with Gasteiger partial charge in [0.2, 0.25) is 0 Å². The summed E-state index contributed by atoms with van der Waals surface area (Å²) in [5.74, 6) is -0.748. The predicted octanol–water partition coefficient (Wildman–Crippen LogP) is 2.73. The topological polar surface area (TPSA) is 24.5 Å². The minimum atomic E-state index is -4.33. The molecule has 1 fully saturated rings. The first-order valence-electron chi connectivity index (χ1n) is 6.76. The highest BCUT2D eigenvalue weighted by Crippen LogP contribution is 2.38. The Balaban J connectivity index is 2.36. The second-order valence-corrected chi connectivity index (χ2v) is 4.98. The quantitative estimate of drug-likeness (QED) is 0.866. The van der Waals surface area contributed by atoms with Crippen molar-refractivity contribution in [2.75, 3.05) is 33.3 Å². The van der Waals surface area contributed by atoms with E-state index in [0.717, 1.165) is 0 Å². The summed E-state index contributed by atoms with van der Waals surface area (Å²) in [5, 5.41) is 3.10. The first-order valence-corrected chi connectivity index (χ1v) is 6.76. The molecule has 1 aliphatic heterocycles. The molecule has 3 nitrogen and oxygen atoms in total. The zero-order valence-electron chi connectivity index (χ0n) is 11.7. The SMILES string of the molecule is COc1c(F)cccc1[C@H](CC(F)(F)F)N1CCNCC1. The lowest BCUT2D eigenvalue weighted by molar-refractivity contribution is -0.148. The predicted molar refractivity (Wildman–Crippen MR) is 70.8 cm³/mol. The number of methoxy groups -OCH3 is 1. The summed E-state index contributed by atoms with van der Waals surface area (Å²) in [6.07, 6.45) is -5.35. The van der Waals surface area contributed by atoms with Crippen LogP contribution in [-0.2, 0) is 0 Å². The summed E-state index contributed by atoms with van der Waals surface area (Å²) in [4.78, 5) is 1.72. The normalized spacial score (nSPS) is 18.5. The smallest absolute Gasteiger partial charge is 0.390 e. The van der Waals surface area contributed by atoms with E-state index in [1.807, 2.05) is 0 Å². The van der Waals surface area contributed by atoms with Crippen LogP contribution in [0.15, 0.2) is 18.2 Å². The van der Waals surface area contributed by atoms with E-state index in [0.29, 0.717) is 26.2 Å². The number of halogens is 4. The van der Waals surface area contributed by atoms with Crippen LogP contribution in [0.3, 0.4) is 0 Å². The molecule has 0 spiro atoms. The van der Waals surface area contributed by atoms with Crippen molar-refractivity contribution in [2.45, 2.75) is 18.6 Å². The van der Waals surface area contributed by atoms with E-state index in [4.69, 9.17) is 4.74 Å². The standard InChI is InChI=1S/C14H18F4N2O/c1-21-13-10(3-2-4-11(13)15)12(9-14(16,17)18)20-7-5-19-6-8-20/h2-4,12,19H,5-9H2,1H3/t12-/m0/s1. The van der Waals surface area contributed by atoms with Gasteiger partial charge in [-0.15, -0.1) is 0 Å². The summed E-state index contributed by atoms with van der Waals surface area (Å²) in [6.45, 7) is 2.21. The maximum absolute atomic E-state index is 13.8. The van der Waals surface area contributed by atoms with Crippen LogP contribution < -0.4 is 10.1 Å². The molecule has 21 heavy (non-hydrogen) atoms. The number of hydrogen-bond donors (Lipinski definition) is 1. The monoisotopic (exact) mass is 306 g/mol. The highest BCUT2D eigenvalue weighted by atomic mass is 19.4. The second kappa shape index (κ2) is 6.62. The van der Waals surface area contributed by atoms with Crippen LogP contribution in [0.2, 0.25) is 0 Å². The van der Waals surface area contributed by atoms with Crippen molar-refractivity contribution >= 4 is 0 Å². The van der Waals surface area contributed by atoms with Gasteiger partial charge in [0.15, 0.2) is 11.6 Å². The number of benzene rings is 1. The number of nitrogens with zero attached hydrogens (tertiary/aromatic N) is 1. The lowest BCUT2D eigenvalue weighted by atomic mass is 9.99. The molecule has 1 N–H and O–H groups in total. The Hall–Kier alpha value is -1.34. The van der Waals surface area contributed by atoms with Crippen molar-refractivity contribution in [1.82, 2.24) is 10.2 Å². The van der Waals surface area contributed by atoms with E-state index in [9.17, 15) is 17.6 Å². The molecular formula is C14H18F4N2O. The summed E-state index contributed by atoms with van der Waals surface area (Å²) in [6, 6.07) is 3.17. The molecular weight excluding hydrogens is 288 g/mol. The van der Waals surface area contributed by atoms with E-state index in [2.05, 4.69) is 5.32 Å². The highest BCUT2D eigenvalue weighted by Gasteiger charge is 2.37. The van der Waals surface area contributed by atoms with E-state index in [1.54, 1.807) is 4.90 Å². The summed E-state index contributed by atoms with van der Waals surface area (Å²) < 4.78 is 57.5. The number of para-hydroxylation sites is 1. The molecule has 0 saturated carbocycles. The Kier molecular flexibility index (Phi) is 5.05. The number of ether oxygens (including phenoxy) is 1. The third-order valence-corrected chi connectivity index (χ3v) is 3.58. The minimum Gasteiger partial charge on any atom is -0.493 e. The van der Waals surface area contributed by atoms with E-state index in [1.165, 1.54) is 25.3 Å². The van der Waals surface area contributed by atoms with Crippen molar-refractivity contribution in [2.24, 2.45) is 0 Å². The van der Waals surface area contributed by atoms with Gasteiger partial charge in [-0.05, 0) is 6.07 Å². The van der Waals surface area contributed by atoms with Crippen molar-refractivity contribution < 1.29 is 22.3 Å². The Labute approximate surface area is 120 Å². The molecule has 118 valence electrons. The van der Waals surface area contributed by atoms with Gasteiger partial charge in [-0.2, -0.15) is 13.2 Å². The number of nitrogens with one attached hydrogen (secondary N) is 1. The molecule has 0 aromatic heterocycles. The number of alkyl halides is 3. The zero-order valence-corrected chi connectivity index (χ0v) is 11.7. The van der Waals surface area contributed by atoms with Gasteiger partial charge in [0, 0.05) is 37.8 Å². The summed E-state index contributed by atoms with van der Waals surface area (Å²) in [5.41, 5.74) is 0.247. The van der Waals surface area contributed by atoms with Gasteiger partial charge in [0.05, 0.1) is 13.5 Å². The van der Waals surface area contributed by atoms with Gasteiger partial charge < -0.3 is 10.1 Å². The molecule has 1 heterocycles. The third-order valence-electron chi connectivity index (χ3n) is 3.58. The van der Waals surface area contributed by atoms with Crippen LogP contribution in [0, 0.1) is 5.82 Å². The maximum atomic E-state index is 13.8. The van der Waals surface area contributed by atoms with Gasteiger partial charge in [-0.3, -0.25) is 4.90 Å². The first kappa shape index (κ1) is 16.0. The fourth-order valence-corrected chi connectivity index (χ4v) is 2.65. The molecule has 0 bridgehead atoms. The molecule has 2 rings (SSSR count). The largest absolute Gasteiger partial charge is 0.493 e. The molecule has 1 aliphatic rings. The van der Waals surface area contributed by atoms with Gasteiger partial charge in [-0.25, -0.2) is 4.39 Å².